The van der Waals surface area contributed by atoms with Gasteiger partial charge in [0.15, 0.2) is 0 Å². The van der Waals surface area contributed by atoms with E-state index >= 15 is 0 Å². The number of ether oxygens (including phenoxy) is 2. The van der Waals surface area contributed by atoms with Gasteiger partial charge in [0.05, 0.1) is 6.10 Å². The van der Waals surface area contributed by atoms with Crippen LogP contribution >= 0.6 is 0 Å². The summed E-state index contributed by atoms with van der Waals surface area (Å²) in [4.78, 5) is 24.9. The predicted molar refractivity (Wildman–Crippen MR) is 98.4 cm³/mol. The molecule has 144 valence electrons. The molecule has 0 radical (unpaired) electrons. The average Bonchev–Trinajstić information content (AvgIpc) is 2.95. The standard InChI is InChI=1S/C22H32O4/c1-21-9-8-16(26-13-25-3)10-14(21)4-6-17-18-7-5-15(12-23)22(18,2)11-19(24)20(17)21/h5,12,14,16-18,20H,4,6-11,13H2,1-3H3/t14?,16?,17-,18-,20-,21-,22+/m0/s1. The summed E-state index contributed by atoms with van der Waals surface area (Å²) in [5.41, 5.74) is 0.749. The van der Waals surface area contributed by atoms with Gasteiger partial charge >= 0.3 is 0 Å². The lowest BCUT2D eigenvalue weighted by Gasteiger charge is -2.59. The van der Waals surface area contributed by atoms with Crippen LogP contribution < -0.4 is 0 Å². The summed E-state index contributed by atoms with van der Waals surface area (Å²) in [6.45, 7) is 4.88. The summed E-state index contributed by atoms with van der Waals surface area (Å²) < 4.78 is 10.9. The van der Waals surface area contributed by atoms with Crippen LogP contribution in [0.1, 0.15) is 58.8 Å². The number of aldehydes is 1. The van der Waals surface area contributed by atoms with Gasteiger partial charge in [-0.1, -0.05) is 19.9 Å². The third-order valence-corrected chi connectivity index (χ3v) is 8.50. The Hall–Kier alpha value is -1.00. The van der Waals surface area contributed by atoms with Crippen molar-refractivity contribution in [1.82, 2.24) is 0 Å². The molecular formula is C22H32O4. The van der Waals surface area contributed by atoms with E-state index in [0.29, 0.717) is 36.8 Å². The van der Waals surface area contributed by atoms with Crippen molar-refractivity contribution in [1.29, 1.82) is 0 Å². The monoisotopic (exact) mass is 360 g/mol. The maximum absolute atomic E-state index is 13.4. The van der Waals surface area contributed by atoms with E-state index in [1.54, 1.807) is 7.11 Å². The topological polar surface area (TPSA) is 52.6 Å². The highest BCUT2D eigenvalue weighted by Crippen LogP contribution is 2.65. The molecule has 3 saturated carbocycles. The van der Waals surface area contributed by atoms with Crippen molar-refractivity contribution in [2.75, 3.05) is 13.9 Å². The predicted octanol–water partition coefficient (Wildman–Crippen LogP) is 3.93. The summed E-state index contributed by atoms with van der Waals surface area (Å²) in [5, 5.41) is 0. The molecule has 0 heterocycles. The fourth-order valence-electron chi connectivity index (χ4n) is 7.14. The highest BCUT2D eigenvalue weighted by atomic mass is 16.7. The maximum atomic E-state index is 13.4. The Bertz CT molecular complexity index is 626. The lowest BCUT2D eigenvalue weighted by Crippen LogP contribution is -2.57. The molecule has 26 heavy (non-hydrogen) atoms. The second-order valence-corrected chi connectivity index (χ2v) is 9.57. The van der Waals surface area contributed by atoms with Gasteiger partial charge in [0.25, 0.3) is 0 Å². The SMILES string of the molecule is COCOC1CC[C@@]2(C)C(CC[C@@H]3[C@H]2C(=O)C[C@]2(C)C(C=O)=CC[C@@H]32)C1. The Labute approximate surface area is 156 Å². The van der Waals surface area contributed by atoms with Crippen LogP contribution in [0, 0.1) is 34.5 Å². The molecule has 4 rings (SSSR count). The highest BCUT2D eigenvalue weighted by molar-refractivity contribution is 5.88. The summed E-state index contributed by atoms with van der Waals surface area (Å²) in [7, 11) is 1.67. The quantitative estimate of drug-likeness (QED) is 0.563. The number of hydrogen-bond acceptors (Lipinski definition) is 4. The Balaban J connectivity index is 1.57. The van der Waals surface area contributed by atoms with Crippen LogP contribution in [0.2, 0.25) is 0 Å². The second kappa shape index (κ2) is 6.56. The first-order valence-electron chi connectivity index (χ1n) is 10.2. The van der Waals surface area contributed by atoms with Crippen molar-refractivity contribution in [3.8, 4) is 0 Å². The molecule has 0 aromatic heterocycles. The zero-order chi connectivity index (χ0) is 18.5. The first kappa shape index (κ1) is 18.4. The number of Topliss-reactive ketones (excluding diaryl/α,β-unsaturated/α-hetero) is 1. The Kier molecular flexibility index (Phi) is 4.63. The van der Waals surface area contributed by atoms with Crippen LogP contribution in [0.3, 0.4) is 0 Å². The van der Waals surface area contributed by atoms with Crippen molar-refractivity contribution in [3.63, 3.8) is 0 Å². The highest BCUT2D eigenvalue weighted by Gasteiger charge is 2.61. The van der Waals surface area contributed by atoms with E-state index in [4.69, 9.17) is 9.47 Å². The maximum Gasteiger partial charge on any atom is 0.146 e. The number of rotatable bonds is 4. The molecule has 0 spiro atoms. The Morgan fingerprint density at radius 3 is 2.81 bits per heavy atom. The van der Waals surface area contributed by atoms with Crippen molar-refractivity contribution >= 4 is 12.1 Å². The number of methoxy groups -OCH3 is 1. The molecule has 0 saturated heterocycles. The first-order chi connectivity index (χ1) is 12.4. The van der Waals surface area contributed by atoms with E-state index in [1.165, 1.54) is 6.42 Å². The lowest BCUT2D eigenvalue weighted by atomic mass is 9.44. The second-order valence-electron chi connectivity index (χ2n) is 9.57. The zero-order valence-corrected chi connectivity index (χ0v) is 16.3. The molecule has 4 heteroatoms. The zero-order valence-electron chi connectivity index (χ0n) is 16.3. The number of allylic oxidation sites excluding steroid dienone is 2. The van der Waals surface area contributed by atoms with E-state index in [9.17, 15) is 9.59 Å². The number of carbonyl (C=O) groups excluding carboxylic acids is 2. The molecule has 0 aliphatic heterocycles. The molecule has 0 aromatic rings. The normalized spacial score (nSPS) is 47.6. The smallest absolute Gasteiger partial charge is 0.146 e. The molecule has 4 aliphatic carbocycles. The van der Waals surface area contributed by atoms with Gasteiger partial charge < -0.3 is 9.47 Å². The summed E-state index contributed by atoms with van der Waals surface area (Å²) >= 11 is 0. The third-order valence-electron chi connectivity index (χ3n) is 8.50. The summed E-state index contributed by atoms with van der Waals surface area (Å²) in [6, 6.07) is 0. The molecule has 7 atom stereocenters. The number of carbonyl (C=O) groups is 2. The largest absolute Gasteiger partial charge is 0.359 e. The van der Waals surface area contributed by atoms with Gasteiger partial charge in [-0.3, -0.25) is 9.59 Å². The first-order valence-corrected chi connectivity index (χ1v) is 10.2. The number of ketones is 1. The Morgan fingerprint density at radius 2 is 2.08 bits per heavy atom. The average molecular weight is 360 g/mol. The minimum Gasteiger partial charge on any atom is -0.359 e. The van der Waals surface area contributed by atoms with Gasteiger partial charge in [-0.15, -0.1) is 0 Å². The van der Waals surface area contributed by atoms with Gasteiger partial charge in [0.1, 0.15) is 18.9 Å². The van der Waals surface area contributed by atoms with Crippen LogP contribution in [-0.4, -0.2) is 32.1 Å². The Morgan fingerprint density at radius 1 is 1.27 bits per heavy atom. The molecule has 3 fully saturated rings. The van der Waals surface area contributed by atoms with Crippen LogP contribution in [0.15, 0.2) is 11.6 Å². The van der Waals surface area contributed by atoms with Crippen LogP contribution in [-0.2, 0) is 19.1 Å². The van der Waals surface area contributed by atoms with Gasteiger partial charge in [0.2, 0.25) is 0 Å². The summed E-state index contributed by atoms with van der Waals surface area (Å²) in [6.07, 6.45) is 10.3. The minimum absolute atomic E-state index is 0.0954. The lowest BCUT2D eigenvalue weighted by molar-refractivity contribution is -0.165. The minimum atomic E-state index is -0.220. The van der Waals surface area contributed by atoms with Crippen molar-refractivity contribution in [3.05, 3.63) is 11.6 Å². The van der Waals surface area contributed by atoms with E-state index < -0.39 is 0 Å². The van der Waals surface area contributed by atoms with Gasteiger partial charge in [-0.05, 0) is 67.3 Å². The van der Waals surface area contributed by atoms with E-state index in [0.717, 1.165) is 44.0 Å². The molecule has 4 aliphatic rings. The molecule has 0 bridgehead atoms. The molecule has 0 aromatic carbocycles. The fraction of sp³-hybridized carbons (Fsp3) is 0.818. The van der Waals surface area contributed by atoms with Crippen LogP contribution in [0.4, 0.5) is 0 Å². The molecule has 4 nitrogen and oxygen atoms in total. The van der Waals surface area contributed by atoms with Crippen LogP contribution in [0.25, 0.3) is 0 Å². The van der Waals surface area contributed by atoms with Gasteiger partial charge in [-0.25, -0.2) is 0 Å². The number of fused-ring (bicyclic) bond motifs is 5. The van der Waals surface area contributed by atoms with Crippen molar-refractivity contribution < 1.29 is 19.1 Å². The van der Waals surface area contributed by atoms with Gasteiger partial charge in [-0.2, -0.15) is 0 Å². The van der Waals surface area contributed by atoms with E-state index in [2.05, 4.69) is 19.9 Å². The van der Waals surface area contributed by atoms with E-state index in [1.807, 2.05) is 0 Å². The third kappa shape index (κ3) is 2.56. The summed E-state index contributed by atoms with van der Waals surface area (Å²) in [5.74, 6) is 2.04. The van der Waals surface area contributed by atoms with Gasteiger partial charge in [0, 0.05) is 24.9 Å². The number of hydrogen-bond donors (Lipinski definition) is 0. The van der Waals surface area contributed by atoms with E-state index in [-0.39, 0.29) is 22.9 Å². The van der Waals surface area contributed by atoms with Crippen molar-refractivity contribution in [2.45, 2.75) is 64.9 Å². The molecular weight excluding hydrogens is 328 g/mol. The van der Waals surface area contributed by atoms with Crippen LogP contribution in [0.5, 0.6) is 0 Å². The molecule has 0 amide bonds. The molecule has 2 unspecified atom stereocenters. The fourth-order valence-corrected chi connectivity index (χ4v) is 7.14. The molecule has 0 N–H and O–H groups in total. The van der Waals surface area contributed by atoms with Crippen molar-refractivity contribution in [2.24, 2.45) is 34.5 Å².